The minimum absolute atomic E-state index is 0.0697. The van der Waals surface area contributed by atoms with E-state index in [0.29, 0.717) is 19.5 Å². The highest BCUT2D eigenvalue weighted by atomic mass is 16.2. The van der Waals surface area contributed by atoms with E-state index in [4.69, 9.17) is 0 Å². The van der Waals surface area contributed by atoms with Crippen LogP contribution in [0.3, 0.4) is 0 Å². The number of benzene rings is 1. The van der Waals surface area contributed by atoms with Gasteiger partial charge in [0.05, 0.1) is 5.54 Å². The van der Waals surface area contributed by atoms with Gasteiger partial charge in [-0.3, -0.25) is 14.6 Å². The smallest absolute Gasteiger partial charge is 0.253 e. The molecule has 1 aromatic heterocycles. The summed E-state index contributed by atoms with van der Waals surface area (Å²) in [7, 11) is 0. The van der Waals surface area contributed by atoms with Crippen LogP contribution >= 0.6 is 0 Å². The molecule has 1 aromatic carbocycles. The van der Waals surface area contributed by atoms with Crippen LogP contribution in [-0.4, -0.2) is 40.3 Å². The van der Waals surface area contributed by atoms with Crippen LogP contribution in [0.15, 0.2) is 54.9 Å². The maximum Gasteiger partial charge on any atom is 0.253 e. The number of pyridine rings is 1. The zero-order valence-corrected chi connectivity index (χ0v) is 14.0. The second kappa shape index (κ2) is 6.31. The Labute approximate surface area is 147 Å². The molecule has 1 unspecified atom stereocenters. The fourth-order valence-corrected chi connectivity index (χ4v) is 4.17. The summed E-state index contributed by atoms with van der Waals surface area (Å²) in [5.41, 5.74) is 1.63. The molecule has 0 aliphatic carbocycles. The van der Waals surface area contributed by atoms with Gasteiger partial charge < -0.3 is 10.2 Å². The summed E-state index contributed by atoms with van der Waals surface area (Å²) in [6, 6.07) is 13.4. The molecule has 128 valence electrons. The van der Waals surface area contributed by atoms with E-state index in [-0.39, 0.29) is 23.3 Å². The molecule has 2 aliphatic rings. The highest BCUT2D eigenvalue weighted by Crippen LogP contribution is 2.43. The highest BCUT2D eigenvalue weighted by molar-refractivity contribution is 5.94. The van der Waals surface area contributed by atoms with Gasteiger partial charge in [-0.05, 0) is 42.7 Å². The SMILES string of the molecule is O=C1CC(c2ccncc2)C2(CCN(C(=O)c3ccccc3)CC2)N1. The Bertz CT molecular complexity index is 768. The summed E-state index contributed by atoms with van der Waals surface area (Å²) in [6.45, 7) is 1.32. The largest absolute Gasteiger partial charge is 0.350 e. The molecule has 2 aliphatic heterocycles. The molecule has 1 spiro atoms. The fourth-order valence-electron chi connectivity index (χ4n) is 4.17. The molecule has 2 amide bonds. The summed E-state index contributed by atoms with van der Waals surface area (Å²) in [5, 5.41) is 3.22. The molecule has 0 saturated carbocycles. The summed E-state index contributed by atoms with van der Waals surface area (Å²) >= 11 is 0. The number of carbonyl (C=O) groups excluding carboxylic acids is 2. The number of aromatic nitrogens is 1. The normalized spacial score (nSPS) is 22.0. The van der Waals surface area contributed by atoms with E-state index < -0.39 is 0 Å². The van der Waals surface area contributed by atoms with Gasteiger partial charge in [-0.25, -0.2) is 0 Å². The molecule has 2 saturated heterocycles. The number of rotatable bonds is 2. The van der Waals surface area contributed by atoms with Crippen molar-refractivity contribution >= 4 is 11.8 Å². The Hall–Kier alpha value is -2.69. The molecule has 3 heterocycles. The number of nitrogens with zero attached hydrogens (tertiary/aromatic N) is 2. The average Bonchev–Trinajstić information content (AvgIpc) is 2.99. The lowest BCUT2D eigenvalue weighted by Gasteiger charge is -2.43. The van der Waals surface area contributed by atoms with Crippen molar-refractivity contribution in [2.45, 2.75) is 30.7 Å². The van der Waals surface area contributed by atoms with E-state index >= 15 is 0 Å². The maximum atomic E-state index is 12.6. The Morgan fingerprint density at radius 1 is 1.08 bits per heavy atom. The number of hydrogen-bond acceptors (Lipinski definition) is 3. The van der Waals surface area contributed by atoms with Gasteiger partial charge in [0.2, 0.25) is 5.91 Å². The Balaban J connectivity index is 1.51. The third-order valence-corrected chi connectivity index (χ3v) is 5.52. The second-order valence-corrected chi connectivity index (χ2v) is 6.90. The summed E-state index contributed by atoms with van der Waals surface area (Å²) in [6.07, 6.45) is 5.63. The molecule has 4 rings (SSSR count). The van der Waals surface area contributed by atoms with E-state index in [0.717, 1.165) is 24.0 Å². The summed E-state index contributed by atoms with van der Waals surface area (Å²) in [4.78, 5) is 30.8. The third kappa shape index (κ3) is 2.90. The monoisotopic (exact) mass is 335 g/mol. The first-order chi connectivity index (χ1) is 12.2. The lowest BCUT2D eigenvalue weighted by molar-refractivity contribution is -0.120. The molecular weight excluding hydrogens is 314 g/mol. The average molecular weight is 335 g/mol. The number of likely N-dealkylation sites (tertiary alicyclic amines) is 1. The first-order valence-corrected chi connectivity index (χ1v) is 8.73. The third-order valence-electron chi connectivity index (χ3n) is 5.52. The summed E-state index contributed by atoms with van der Waals surface area (Å²) in [5.74, 6) is 0.321. The van der Waals surface area contributed by atoms with E-state index in [2.05, 4.69) is 10.3 Å². The van der Waals surface area contributed by atoms with Crippen molar-refractivity contribution in [3.63, 3.8) is 0 Å². The molecule has 0 radical (unpaired) electrons. The first-order valence-electron chi connectivity index (χ1n) is 8.73. The first kappa shape index (κ1) is 15.8. The van der Waals surface area contributed by atoms with E-state index in [1.165, 1.54) is 0 Å². The van der Waals surface area contributed by atoms with Gasteiger partial charge in [-0.15, -0.1) is 0 Å². The maximum absolute atomic E-state index is 12.6. The minimum Gasteiger partial charge on any atom is -0.350 e. The van der Waals surface area contributed by atoms with Crippen molar-refractivity contribution in [3.8, 4) is 0 Å². The standard InChI is InChI=1S/C20H21N3O2/c24-18-14-17(15-6-10-21-11-7-15)20(22-18)8-12-23(13-9-20)19(25)16-4-2-1-3-5-16/h1-7,10-11,17H,8-9,12-14H2,(H,22,24). The molecule has 1 atom stereocenters. The van der Waals surface area contributed by atoms with E-state index in [1.54, 1.807) is 12.4 Å². The van der Waals surface area contributed by atoms with Crippen LogP contribution < -0.4 is 5.32 Å². The van der Waals surface area contributed by atoms with E-state index in [1.807, 2.05) is 47.4 Å². The lowest BCUT2D eigenvalue weighted by Crippen LogP contribution is -2.54. The number of piperidine rings is 1. The van der Waals surface area contributed by atoms with Crippen LogP contribution in [0.25, 0.3) is 0 Å². The molecule has 25 heavy (non-hydrogen) atoms. The zero-order valence-electron chi connectivity index (χ0n) is 14.0. The number of nitrogens with one attached hydrogen (secondary N) is 1. The molecule has 2 aromatic rings. The second-order valence-electron chi connectivity index (χ2n) is 6.90. The topological polar surface area (TPSA) is 62.3 Å². The van der Waals surface area contributed by atoms with Gasteiger partial charge >= 0.3 is 0 Å². The lowest BCUT2D eigenvalue weighted by atomic mass is 9.74. The fraction of sp³-hybridized carbons (Fsp3) is 0.350. The molecule has 2 fully saturated rings. The van der Waals surface area contributed by atoms with Crippen molar-refractivity contribution in [3.05, 3.63) is 66.0 Å². The Kier molecular flexibility index (Phi) is 3.99. The number of carbonyl (C=O) groups is 2. The van der Waals surface area contributed by atoms with Crippen molar-refractivity contribution < 1.29 is 9.59 Å². The van der Waals surface area contributed by atoms with Crippen molar-refractivity contribution in [2.24, 2.45) is 0 Å². The molecular formula is C20H21N3O2. The zero-order chi connectivity index (χ0) is 17.3. The summed E-state index contributed by atoms with van der Waals surface area (Å²) < 4.78 is 0. The molecule has 5 nitrogen and oxygen atoms in total. The molecule has 0 bridgehead atoms. The predicted molar refractivity (Wildman–Crippen MR) is 94.0 cm³/mol. The van der Waals surface area contributed by atoms with Crippen molar-refractivity contribution in [1.82, 2.24) is 15.2 Å². The van der Waals surface area contributed by atoms with Crippen LogP contribution in [-0.2, 0) is 4.79 Å². The van der Waals surface area contributed by atoms with Crippen molar-refractivity contribution in [2.75, 3.05) is 13.1 Å². The number of hydrogen-bond donors (Lipinski definition) is 1. The number of amides is 2. The van der Waals surface area contributed by atoms with Gasteiger partial charge in [-0.2, -0.15) is 0 Å². The Morgan fingerprint density at radius 3 is 2.44 bits per heavy atom. The van der Waals surface area contributed by atoms with Gasteiger partial charge in [0.15, 0.2) is 0 Å². The Morgan fingerprint density at radius 2 is 1.76 bits per heavy atom. The van der Waals surface area contributed by atoms with E-state index in [9.17, 15) is 9.59 Å². The molecule has 5 heteroatoms. The van der Waals surface area contributed by atoms with Crippen LogP contribution in [0.1, 0.15) is 41.1 Å². The van der Waals surface area contributed by atoms with Gasteiger partial charge in [0.25, 0.3) is 5.91 Å². The van der Waals surface area contributed by atoms with Gasteiger partial charge in [-0.1, -0.05) is 18.2 Å². The highest BCUT2D eigenvalue weighted by Gasteiger charge is 2.49. The quantitative estimate of drug-likeness (QED) is 0.916. The van der Waals surface area contributed by atoms with Crippen LogP contribution in [0.5, 0.6) is 0 Å². The van der Waals surface area contributed by atoms with Crippen molar-refractivity contribution in [1.29, 1.82) is 0 Å². The predicted octanol–water partition coefficient (Wildman–Crippen LogP) is 2.36. The van der Waals surface area contributed by atoms with Crippen LogP contribution in [0.4, 0.5) is 0 Å². The minimum atomic E-state index is -0.244. The molecule has 1 N–H and O–H groups in total. The van der Waals surface area contributed by atoms with Crippen LogP contribution in [0, 0.1) is 0 Å². The van der Waals surface area contributed by atoms with Gasteiger partial charge in [0.1, 0.15) is 0 Å². The van der Waals surface area contributed by atoms with Gasteiger partial charge in [0, 0.05) is 43.4 Å². The van der Waals surface area contributed by atoms with Crippen LogP contribution in [0.2, 0.25) is 0 Å².